The van der Waals surface area contributed by atoms with Gasteiger partial charge in [-0.1, -0.05) is 22.8 Å². The monoisotopic (exact) mass is 316 g/mol. The maximum absolute atomic E-state index is 5.89. The van der Waals surface area contributed by atoms with Crippen LogP contribution >= 0.6 is 11.6 Å². The van der Waals surface area contributed by atoms with Crippen LogP contribution in [0.3, 0.4) is 0 Å². The van der Waals surface area contributed by atoms with Gasteiger partial charge in [-0.3, -0.25) is 0 Å². The lowest BCUT2D eigenvalue weighted by atomic mass is 10.2. The van der Waals surface area contributed by atoms with Crippen molar-refractivity contribution in [3.63, 3.8) is 0 Å². The number of aromatic nitrogens is 2. The SMILES string of the molecule is COc1ccc(-c2noc(COc3cccc(Cl)c3)n2)cc1. The molecule has 0 aliphatic rings. The van der Waals surface area contributed by atoms with E-state index < -0.39 is 0 Å². The minimum Gasteiger partial charge on any atom is -0.497 e. The molecule has 0 aliphatic heterocycles. The van der Waals surface area contributed by atoms with Crippen molar-refractivity contribution >= 4 is 11.6 Å². The predicted octanol–water partition coefficient (Wildman–Crippen LogP) is 3.98. The van der Waals surface area contributed by atoms with E-state index in [0.29, 0.717) is 22.5 Å². The second-order valence-electron chi connectivity index (χ2n) is 4.49. The Hall–Kier alpha value is -2.53. The van der Waals surface area contributed by atoms with Crippen molar-refractivity contribution in [2.45, 2.75) is 6.61 Å². The first-order valence-electron chi connectivity index (χ1n) is 6.60. The molecule has 0 unspecified atom stereocenters. The molecule has 2 aromatic carbocycles. The Morgan fingerprint density at radius 3 is 2.64 bits per heavy atom. The Labute approximate surface area is 132 Å². The Morgan fingerprint density at radius 2 is 1.91 bits per heavy atom. The quantitative estimate of drug-likeness (QED) is 0.712. The lowest BCUT2D eigenvalue weighted by Gasteiger charge is -2.02. The van der Waals surface area contributed by atoms with Crippen LogP contribution in [0.15, 0.2) is 53.1 Å². The molecule has 112 valence electrons. The molecule has 22 heavy (non-hydrogen) atoms. The molecule has 1 aromatic heterocycles. The van der Waals surface area contributed by atoms with Crippen LogP contribution in [0.25, 0.3) is 11.4 Å². The van der Waals surface area contributed by atoms with Gasteiger partial charge >= 0.3 is 0 Å². The maximum Gasteiger partial charge on any atom is 0.264 e. The fraction of sp³-hybridized carbons (Fsp3) is 0.125. The zero-order valence-corrected chi connectivity index (χ0v) is 12.6. The number of nitrogens with zero attached hydrogens (tertiary/aromatic N) is 2. The number of halogens is 1. The summed E-state index contributed by atoms with van der Waals surface area (Å²) in [4.78, 5) is 4.30. The molecule has 0 saturated carbocycles. The number of methoxy groups -OCH3 is 1. The third-order valence-electron chi connectivity index (χ3n) is 2.97. The average molecular weight is 317 g/mol. The first-order chi connectivity index (χ1) is 10.7. The van der Waals surface area contributed by atoms with Crippen LogP contribution in [0.2, 0.25) is 5.02 Å². The van der Waals surface area contributed by atoms with E-state index in [1.165, 1.54) is 0 Å². The average Bonchev–Trinajstić information content (AvgIpc) is 3.02. The molecule has 5 nitrogen and oxygen atoms in total. The molecule has 1 heterocycles. The standard InChI is InChI=1S/C16H13ClN2O3/c1-20-13-7-5-11(6-8-13)16-18-15(22-19-16)10-21-14-4-2-3-12(17)9-14/h2-9H,10H2,1H3. The molecule has 3 rings (SSSR count). The molecule has 0 spiro atoms. The molecule has 0 bridgehead atoms. The van der Waals surface area contributed by atoms with Gasteiger partial charge in [-0.15, -0.1) is 0 Å². The van der Waals surface area contributed by atoms with Gasteiger partial charge in [0.15, 0.2) is 6.61 Å². The Kier molecular flexibility index (Phi) is 4.25. The highest BCUT2D eigenvalue weighted by atomic mass is 35.5. The second kappa shape index (κ2) is 6.49. The topological polar surface area (TPSA) is 57.4 Å². The summed E-state index contributed by atoms with van der Waals surface area (Å²) >= 11 is 5.89. The Bertz CT molecular complexity index is 756. The largest absolute Gasteiger partial charge is 0.497 e. The van der Waals surface area contributed by atoms with Gasteiger partial charge in [0, 0.05) is 10.6 Å². The van der Waals surface area contributed by atoms with E-state index in [2.05, 4.69) is 10.1 Å². The third kappa shape index (κ3) is 3.38. The Morgan fingerprint density at radius 1 is 1.09 bits per heavy atom. The molecule has 0 N–H and O–H groups in total. The highest BCUT2D eigenvalue weighted by molar-refractivity contribution is 6.30. The fourth-order valence-electron chi connectivity index (χ4n) is 1.87. The van der Waals surface area contributed by atoms with Gasteiger partial charge in [-0.2, -0.15) is 4.98 Å². The first-order valence-corrected chi connectivity index (χ1v) is 6.98. The molecule has 0 saturated heterocycles. The maximum atomic E-state index is 5.89. The normalized spacial score (nSPS) is 10.5. The highest BCUT2D eigenvalue weighted by Gasteiger charge is 2.09. The summed E-state index contributed by atoms with van der Waals surface area (Å²) in [5.41, 5.74) is 0.846. The molecule has 0 radical (unpaired) electrons. The van der Waals surface area contributed by atoms with Crippen molar-refractivity contribution in [1.82, 2.24) is 10.1 Å². The number of rotatable bonds is 5. The molecule has 0 aliphatic carbocycles. The summed E-state index contributed by atoms with van der Waals surface area (Å²) in [6.07, 6.45) is 0. The predicted molar refractivity (Wildman–Crippen MR) is 82.1 cm³/mol. The highest BCUT2D eigenvalue weighted by Crippen LogP contribution is 2.21. The number of hydrogen-bond donors (Lipinski definition) is 0. The molecular weight excluding hydrogens is 304 g/mol. The summed E-state index contributed by atoms with van der Waals surface area (Å²) in [5, 5.41) is 4.55. The van der Waals surface area contributed by atoms with Crippen molar-refractivity contribution in [2.24, 2.45) is 0 Å². The summed E-state index contributed by atoms with van der Waals surface area (Å²) in [6.45, 7) is 0.184. The van der Waals surface area contributed by atoms with Gasteiger partial charge in [-0.05, 0) is 42.5 Å². The van der Waals surface area contributed by atoms with Crippen molar-refractivity contribution in [2.75, 3.05) is 7.11 Å². The minimum atomic E-state index is 0.184. The lowest BCUT2D eigenvalue weighted by Crippen LogP contribution is -1.95. The zero-order valence-electron chi connectivity index (χ0n) is 11.8. The minimum absolute atomic E-state index is 0.184. The van der Waals surface area contributed by atoms with Gasteiger partial charge < -0.3 is 14.0 Å². The molecule has 0 fully saturated rings. The number of ether oxygens (including phenoxy) is 2. The van der Waals surface area contributed by atoms with Gasteiger partial charge in [0.05, 0.1) is 7.11 Å². The van der Waals surface area contributed by atoms with Crippen LogP contribution in [0.5, 0.6) is 11.5 Å². The lowest BCUT2D eigenvalue weighted by molar-refractivity contribution is 0.243. The summed E-state index contributed by atoms with van der Waals surface area (Å²) in [7, 11) is 1.62. The van der Waals surface area contributed by atoms with Crippen LogP contribution in [0, 0.1) is 0 Å². The van der Waals surface area contributed by atoms with Gasteiger partial charge in [0.2, 0.25) is 5.82 Å². The van der Waals surface area contributed by atoms with Gasteiger partial charge in [0.1, 0.15) is 11.5 Å². The van der Waals surface area contributed by atoms with Crippen LogP contribution < -0.4 is 9.47 Å². The zero-order chi connectivity index (χ0) is 15.4. The summed E-state index contributed by atoms with van der Waals surface area (Å²) in [6, 6.07) is 14.5. The fourth-order valence-corrected chi connectivity index (χ4v) is 2.05. The van der Waals surface area contributed by atoms with Crippen molar-refractivity contribution in [3.05, 3.63) is 59.4 Å². The third-order valence-corrected chi connectivity index (χ3v) is 3.21. The van der Waals surface area contributed by atoms with E-state index >= 15 is 0 Å². The smallest absolute Gasteiger partial charge is 0.264 e. The van der Waals surface area contributed by atoms with E-state index in [1.54, 1.807) is 19.2 Å². The van der Waals surface area contributed by atoms with Gasteiger partial charge in [-0.25, -0.2) is 0 Å². The van der Waals surface area contributed by atoms with Crippen molar-refractivity contribution in [1.29, 1.82) is 0 Å². The summed E-state index contributed by atoms with van der Waals surface area (Å²) < 4.78 is 15.8. The van der Waals surface area contributed by atoms with Crippen LogP contribution in [-0.2, 0) is 6.61 Å². The van der Waals surface area contributed by atoms with Crippen molar-refractivity contribution in [3.8, 4) is 22.9 Å². The molecule has 0 atom stereocenters. The first kappa shape index (κ1) is 14.4. The summed E-state index contributed by atoms with van der Waals surface area (Å²) in [5.74, 6) is 2.33. The second-order valence-corrected chi connectivity index (χ2v) is 4.92. The van der Waals surface area contributed by atoms with E-state index in [0.717, 1.165) is 11.3 Å². The van der Waals surface area contributed by atoms with E-state index in [1.807, 2.05) is 36.4 Å². The van der Waals surface area contributed by atoms with Crippen LogP contribution in [0.1, 0.15) is 5.89 Å². The molecule has 3 aromatic rings. The van der Waals surface area contributed by atoms with Crippen molar-refractivity contribution < 1.29 is 14.0 Å². The van der Waals surface area contributed by atoms with E-state index in [9.17, 15) is 0 Å². The molecule has 0 amide bonds. The van der Waals surface area contributed by atoms with Gasteiger partial charge in [0.25, 0.3) is 5.89 Å². The molecular formula is C16H13ClN2O3. The number of benzene rings is 2. The van der Waals surface area contributed by atoms with Crippen LogP contribution in [-0.4, -0.2) is 17.3 Å². The Balaban J connectivity index is 1.68. The molecule has 6 heteroatoms. The van der Waals surface area contributed by atoms with E-state index in [4.69, 9.17) is 25.6 Å². The number of hydrogen-bond acceptors (Lipinski definition) is 5. The van der Waals surface area contributed by atoms with Crippen LogP contribution in [0.4, 0.5) is 0 Å². The van der Waals surface area contributed by atoms with E-state index in [-0.39, 0.29) is 6.61 Å².